The van der Waals surface area contributed by atoms with Crippen molar-refractivity contribution >= 4 is 17.6 Å². The molecule has 0 saturated heterocycles. The largest absolute Gasteiger partial charge is 0.846 e. The summed E-state index contributed by atoms with van der Waals surface area (Å²) in [6, 6.07) is 10.9. The number of nitrogens with zero attached hydrogens (tertiary/aromatic N) is 5. The molecule has 0 fully saturated rings. The first-order valence-corrected chi connectivity index (χ1v) is 10.2. The summed E-state index contributed by atoms with van der Waals surface area (Å²) in [5.41, 5.74) is 2.79. The lowest BCUT2D eigenvalue weighted by molar-refractivity contribution is -0.774. The van der Waals surface area contributed by atoms with Crippen molar-refractivity contribution in [1.29, 1.82) is 0 Å². The van der Waals surface area contributed by atoms with Crippen LogP contribution >= 0.6 is 0 Å². The van der Waals surface area contributed by atoms with Gasteiger partial charge in [0.1, 0.15) is 6.33 Å². The molecule has 0 bridgehead atoms. The van der Waals surface area contributed by atoms with Gasteiger partial charge in [-0.3, -0.25) is 4.52 Å². The number of aryl methyl sites for hydroxylation is 1. The number of amidine groups is 1. The number of rotatable bonds is 5. The summed E-state index contributed by atoms with van der Waals surface area (Å²) in [7, 11) is 0. The standard InChI is InChI=1S/C23H19F3N6O2/c1-14-20(11-27-13-28-14)17-8-6-16(7-9-17)15(2)32-12-21(34-31-32)30-22(33)29-19-5-3-4-18(10-19)23(24,25)26/h3-13,15H,1-2H3,(H-,29,30,31,33)/t15-/m1/s1. The Morgan fingerprint density at radius 1 is 1.18 bits per heavy atom. The van der Waals surface area contributed by atoms with Gasteiger partial charge >= 0.3 is 12.1 Å². The molecule has 0 radical (unpaired) electrons. The number of alkyl halides is 3. The molecule has 174 valence electrons. The molecule has 8 nitrogen and oxygen atoms in total. The van der Waals surface area contributed by atoms with E-state index in [0.29, 0.717) is 0 Å². The Morgan fingerprint density at radius 2 is 1.94 bits per heavy atom. The molecule has 0 amide bonds. The van der Waals surface area contributed by atoms with Crippen LogP contribution in [0.25, 0.3) is 11.1 Å². The third kappa shape index (κ3) is 5.20. The molecule has 2 aromatic carbocycles. The third-order valence-corrected chi connectivity index (χ3v) is 5.14. The van der Waals surface area contributed by atoms with Crippen LogP contribution in [-0.4, -0.2) is 21.3 Å². The van der Waals surface area contributed by atoms with Crippen molar-refractivity contribution in [2.75, 3.05) is 5.32 Å². The van der Waals surface area contributed by atoms with E-state index in [1.165, 1.54) is 29.3 Å². The summed E-state index contributed by atoms with van der Waals surface area (Å²) in [6.07, 6.45) is 0.167. The van der Waals surface area contributed by atoms with Crippen molar-refractivity contribution in [3.63, 3.8) is 0 Å². The fraction of sp³-hybridized carbons (Fsp3) is 0.174. The maximum atomic E-state index is 12.8. The minimum Gasteiger partial charge on any atom is -0.846 e. The summed E-state index contributed by atoms with van der Waals surface area (Å²) >= 11 is 0. The molecule has 2 heterocycles. The molecule has 1 N–H and O–H groups in total. The first-order valence-electron chi connectivity index (χ1n) is 10.2. The number of aliphatic imine (C=N–C) groups is 1. The summed E-state index contributed by atoms with van der Waals surface area (Å²) < 4.78 is 45.1. The Hall–Kier alpha value is -4.28. The van der Waals surface area contributed by atoms with Crippen LogP contribution in [0.5, 0.6) is 0 Å². The zero-order valence-electron chi connectivity index (χ0n) is 18.1. The Labute approximate surface area is 192 Å². The van der Waals surface area contributed by atoms with Crippen LogP contribution < -0.4 is 15.1 Å². The lowest BCUT2D eigenvalue weighted by Gasteiger charge is -2.14. The molecule has 4 rings (SSSR count). The molecule has 34 heavy (non-hydrogen) atoms. The van der Waals surface area contributed by atoms with E-state index in [9.17, 15) is 18.3 Å². The molecule has 0 aliphatic heterocycles. The van der Waals surface area contributed by atoms with Crippen molar-refractivity contribution in [3.05, 3.63) is 84.1 Å². The molecule has 0 saturated carbocycles. The van der Waals surface area contributed by atoms with Crippen LogP contribution in [0.1, 0.15) is 29.8 Å². The van der Waals surface area contributed by atoms with E-state index in [2.05, 4.69) is 25.5 Å². The van der Waals surface area contributed by atoms with Crippen molar-refractivity contribution in [1.82, 2.24) is 15.2 Å². The summed E-state index contributed by atoms with van der Waals surface area (Å²) in [5.74, 6) is -0.0926. The van der Waals surface area contributed by atoms with Gasteiger partial charge < -0.3 is 10.4 Å². The summed E-state index contributed by atoms with van der Waals surface area (Å²) in [6.45, 7) is 3.80. The number of anilines is 1. The summed E-state index contributed by atoms with van der Waals surface area (Å²) in [5, 5.41) is 18.3. The van der Waals surface area contributed by atoms with E-state index < -0.39 is 17.8 Å². The van der Waals surface area contributed by atoms with Gasteiger partial charge in [-0.2, -0.15) is 13.2 Å². The fourth-order valence-electron chi connectivity index (χ4n) is 3.27. The number of nitrogens with one attached hydrogen (secondary N) is 1. The normalized spacial score (nSPS) is 13.0. The van der Waals surface area contributed by atoms with Gasteiger partial charge in [-0.1, -0.05) is 30.3 Å². The Balaban J connectivity index is 1.46. The van der Waals surface area contributed by atoms with E-state index in [1.807, 2.05) is 38.1 Å². The Kier molecular flexibility index (Phi) is 6.26. The maximum absolute atomic E-state index is 12.8. The highest BCUT2D eigenvalue weighted by Gasteiger charge is 2.30. The average molecular weight is 468 g/mol. The highest BCUT2D eigenvalue weighted by molar-refractivity contribution is 5.87. The zero-order valence-corrected chi connectivity index (χ0v) is 18.1. The Morgan fingerprint density at radius 3 is 2.65 bits per heavy atom. The van der Waals surface area contributed by atoms with Crippen LogP contribution in [0, 0.1) is 6.92 Å². The van der Waals surface area contributed by atoms with Crippen LogP contribution in [0.15, 0.2) is 76.8 Å². The van der Waals surface area contributed by atoms with Gasteiger partial charge in [-0.25, -0.2) is 15.0 Å². The monoisotopic (exact) mass is 468 g/mol. The van der Waals surface area contributed by atoms with Gasteiger partial charge in [0, 0.05) is 35.6 Å². The number of hydrogen-bond donors (Lipinski definition) is 1. The number of hydrogen-bond acceptors (Lipinski definition) is 6. The van der Waals surface area contributed by atoms with Crippen LogP contribution in [0.4, 0.5) is 24.7 Å². The molecular formula is C23H19F3N6O2. The SMILES string of the molecule is Cc1ncncc1-c1ccc([C@@H](C)[n+]2cc(N=C([O-])Nc3cccc(C(F)(F)F)c3)on2)cc1. The minimum absolute atomic E-state index is 0.0384. The van der Waals surface area contributed by atoms with E-state index in [4.69, 9.17) is 4.52 Å². The van der Waals surface area contributed by atoms with Gasteiger partial charge in [0.15, 0.2) is 0 Å². The molecule has 1 atom stereocenters. The number of benzene rings is 2. The lowest BCUT2D eigenvalue weighted by atomic mass is 10.0. The second kappa shape index (κ2) is 9.30. The zero-order chi connectivity index (χ0) is 24.3. The molecule has 0 aliphatic rings. The minimum atomic E-state index is -4.52. The molecule has 0 spiro atoms. The van der Waals surface area contributed by atoms with Gasteiger partial charge in [0.05, 0.1) is 11.6 Å². The van der Waals surface area contributed by atoms with Gasteiger partial charge in [-0.05, 0) is 35.4 Å². The van der Waals surface area contributed by atoms with Crippen molar-refractivity contribution in [2.24, 2.45) is 4.99 Å². The van der Waals surface area contributed by atoms with E-state index >= 15 is 0 Å². The predicted molar refractivity (Wildman–Crippen MR) is 115 cm³/mol. The number of aromatic nitrogens is 4. The first-order chi connectivity index (χ1) is 16.2. The van der Waals surface area contributed by atoms with Crippen molar-refractivity contribution in [3.8, 4) is 11.1 Å². The summed E-state index contributed by atoms with van der Waals surface area (Å²) in [4.78, 5) is 12.0. The molecule has 0 aliphatic carbocycles. The second-order valence-electron chi connectivity index (χ2n) is 7.46. The number of halogens is 3. The van der Waals surface area contributed by atoms with Crippen molar-refractivity contribution in [2.45, 2.75) is 26.1 Å². The van der Waals surface area contributed by atoms with Gasteiger partial charge in [-0.15, -0.1) is 0 Å². The quantitative estimate of drug-likeness (QED) is 0.271. The van der Waals surface area contributed by atoms with Crippen LogP contribution in [0.2, 0.25) is 0 Å². The fourth-order valence-corrected chi connectivity index (χ4v) is 3.27. The molecule has 0 unspecified atom stereocenters. The maximum Gasteiger partial charge on any atom is 0.416 e. The predicted octanol–water partition coefficient (Wildman–Crippen LogP) is 3.82. The van der Waals surface area contributed by atoms with E-state index in [-0.39, 0.29) is 17.6 Å². The molecule has 11 heteroatoms. The molecule has 4 aromatic rings. The second-order valence-corrected chi connectivity index (χ2v) is 7.46. The highest BCUT2D eigenvalue weighted by atomic mass is 19.4. The van der Waals surface area contributed by atoms with Crippen LogP contribution in [0.3, 0.4) is 0 Å². The topological polar surface area (TPSA) is 103 Å². The average Bonchev–Trinajstić information content (AvgIpc) is 3.27. The smallest absolute Gasteiger partial charge is 0.416 e. The lowest BCUT2D eigenvalue weighted by Crippen LogP contribution is -2.39. The van der Waals surface area contributed by atoms with Crippen molar-refractivity contribution < 1.29 is 27.5 Å². The van der Waals surface area contributed by atoms with Gasteiger partial charge in [0.2, 0.25) is 11.3 Å². The third-order valence-electron chi connectivity index (χ3n) is 5.14. The first kappa shape index (κ1) is 22.9. The Bertz CT molecular complexity index is 1320. The van der Waals surface area contributed by atoms with E-state index in [0.717, 1.165) is 34.5 Å². The molecular weight excluding hydrogens is 449 g/mol. The van der Waals surface area contributed by atoms with E-state index in [1.54, 1.807) is 6.20 Å². The van der Waals surface area contributed by atoms with Crippen LogP contribution in [-0.2, 0) is 6.18 Å². The van der Waals surface area contributed by atoms with Gasteiger partial charge in [0.25, 0.3) is 6.20 Å². The highest BCUT2D eigenvalue weighted by Crippen LogP contribution is 2.30. The molecule has 2 aromatic heterocycles.